The van der Waals surface area contributed by atoms with Crippen LogP contribution in [0.15, 0.2) is 60.7 Å². The van der Waals surface area contributed by atoms with Gasteiger partial charge >= 0.3 is 0 Å². The quantitative estimate of drug-likeness (QED) is 0.783. The van der Waals surface area contributed by atoms with Gasteiger partial charge in [-0.3, -0.25) is 9.69 Å². The molecule has 0 radical (unpaired) electrons. The molecule has 5 nitrogen and oxygen atoms in total. The number of amides is 1. The molecule has 0 aliphatic carbocycles. The number of para-hydroxylation sites is 1. The summed E-state index contributed by atoms with van der Waals surface area (Å²) in [6, 6.07) is 17.4. The molecule has 0 aromatic heterocycles. The van der Waals surface area contributed by atoms with E-state index >= 15 is 0 Å². The first-order valence-corrected chi connectivity index (χ1v) is 9.67. The fourth-order valence-corrected chi connectivity index (χ4v) is 3.55. The summed E-state index contributed by atoms with van der Waals surface area (Å²) in [5.74, 6) is 0.752. The molecule has 3 rings (SSSR count). The van der Waals surface area contributed by atoms with E-state index in [1.54, 1.807) is 19.3 Å². The van der Waals surface area contributed by atoms with Gasteiger partial charge in [-0.05, 0) is 24.6 Å². The van der Waals surface area contributed by atoms with Gasteiger partial charge < -0.3 is 14.7 Å². The van der Waals surface area contributed by atoms with Gasteiger partial charge in [0.2, 0.25) is 5.91 Å². The topological polar surface area (TPSA) is 53.0 Å². The average Bonchev–Trinajstić information content (AvgIpc) is 2.77. The summed E-state index contributed by atoms with van der Waals surface area (Å²) in [5.41, 5.74) is 1.81. The molecular weight excluding hydrogens is 352 g/mol. The Bertz CT molecular complexity index is 799. The van der Waals surface area contributed by atoms with Crippen LogP contribution >= 0.6 is 0 Å². The van der Waals surface area contributed by atoms with Crippen molar-refractivity contribution < 1.29 is 14.6 Å². The molecular formula is C23H28N2O3. The first-order valence-electron chi connectivity index (χ1n) is 9.67. The van der Waals surface area contributed by atoms with Gasteiger partial charge in [0.25, 0.3) is 0 Å². The van der Waals surface area contributed by atoms with E-state index in [1.807, 2.05) is 66.4 Å². The highest BCUT2D eigenvalue weighted by Gasteiger charge is 2.27. The van der Waals surface area contributed by atoms with Gasteiger partial charge in [0, 0.05) is 43.9 Å². The van der Waals surface area contributed by atoms with Crippen LogP contribution in [-0.4, -0.2) is 60.1 Å². The van der Waals surface area contributed by atoms with Gasteiger partial charge in [0.05, 0.1) is 13.2 Å². The molecule has 1 aliphatic rings. The monoisotopic (exact) mass is 380 g/mol. The van der Waals surface area contributed by atoms with Crippen LogP contribution in [-0.2, 0) is 4.79 Å². The van der Waals surface area contributed by atoms with Crippen LogP contribution in [0.4, 0.5) is 0 Å². The number of nitrogens with zero attached hydrogens (tertiary/aromatic N) is 2. The summed E-state index contributed by atoms with van der Waals surface area (Å²) in [4.78, 5) is 16.6. The van der Waals surface area contributed by atoms with Gasteiger partial charge in [-0.25, -0.2) is 0 Å². The molecule has 2 unspecified atom stereocenters. The molecule has 0 bridgehead atoms. The van der Waals surface area contributed by atoms with E-state index in [2.05, 4.69) is 4.90 Å². The molecule has 1 heterocycles. The van der Waals surface area contributed by atoms with E-state index in [0.29, 0.717) is 13.1 Å². The summed E-state index contributed by atoms with van der Waals surface area (Å²) in [5, 5.41) is 10.6. The van der Waals surface area contributed by atoms with Crippen molar-refractivity contribution in [2.45, 2.75) is 19.1 Å². The lowest BCUT2D eigenvalue weighted by molar-refractivity contribution is -0.128. The predicted octanol–water partition coefficient (Wildman–Crippen LogP) is 2.97. The maximum atomic E-state index is 12.5. The second-order valence-corrected chi connectivity index (χ2v) is 7.03. The zero-order valence-corrected chi connectivity index (χ0v) is 16.5. The highest BCUT2D eigenvalue weighted by atomic mass is 16.5. The first kappa shape index (κ1) is 20.1. The van der Waals surface area contributed by atoms with E-state index in [4.69, 9.17) is 4.74 Å². The van der Waals surface area contributed by atoms with Crippen LogP contribution in [0.25, 0.3) is 6.08 Å². The van der Waals surface area contributed by atoms with Crippen molar-refractivity contribution in [1.82, 2.24) is 9.80 Å². The summed E-state index contributed by atoms with van der Waals surface area (Å²) in [7, 11) is 1.62. The van der Waals surface area contributed by atoms with Gasteiger partial charge in [-0.1, -0.05) is 48.5 Å². The normalized spacial score (nSPS) is 17.5. The van der Waals surface area contributed by atoms with Crippen LogP contribution in [0.2, 0.25) is 0 Å². The lowest BCUT2D eigenvalue weighted by atomic mass is 10.0. The van der Waals surface area contributed by atoms with Crippen LogP contribution in [0.5, 0.6) is 5.75 Å². The van der Waals surface area contributed by atoms with Crippen molar-refractivity contribution in [3.05, 3.63) is 71.8 Å². The first-order chi connectivity index (χ1) is 13.6. The summed E-state index contributed by atoms with van der Waals surface area (Å²) in [6.45, 7) is 4.84. The molecule has 1 saturated heterocycles. The van der Waals surface area contributed by atoms with E-state index in [0.717, 1.165) is 30.0 Å². The molecule has 2 aromatic rings. The van der Waals surface area contributed by atoms with Gasteiger partial charge in [-0.15, -0.1) is 0 Å². The Labute approximate surface area is 166 Å². The molecule has 0 spiro atoms. The van der Waals surface area contributed by atoms with Gasteiger partial charge in [-0.2, -0.15) is 0 Å². The van der Waals surface area contributed by atoms with Gasteiger partial charge in [0.15, 0.2) is 0 Å². The lowest BCUT2D eigenvalue weighted by Gasteiger charge is -2.39. The summed E-state index contributed by atoms with van der Waals surface area (Å²) < 4.78 is 5.32. The molecule has 1 fully saturated rings. The SMILES string of the molecule is COc1ccccc1/C=C/C(=O)N1CCN(C(C)C(O)c2ccccc2)CC1. The molecule has 148 valence electrons. The Kier molecular flexibility index (Phi) is 6.85. The number of hydrogen-bond acceptors (Lipinski definition) is 4. The second kappa shape index (κ2) is 9.53. The van der Waals surface area contributed by atoms with Crippen molar-refractivity contribution in [2.24, 2.45) is 0 Å². The highest BCUT2D eigenvalue weighted by molar-refractivity contribution is 5.92. The number of aliphatic hydroxyl groups excluding tert-OH is 1. The Hall–Kier alpha value is -2.63. The Morgan fingerprint density at radius 2 is 1.68 bits per heavy atom. The number of rotatable bonds is 6. The Balaban J connectivity index is 1.54. The number of carbonyl (C=O) groups is 1. The Morgan fingerprint density at radius 3 is 2.36 bits per heavy atom. The molecule has 2 atom stereocenters. The largest absolute Gasteiger partial charge is 0.496 e. The molecule has 28 heavy (non-hydrogen) atoms. The van der Waals surface area contributed by atoms with Crippen molar-refractivity contribution >= 4 is 12.0 Å². The van der Waals surface area contributed by atoms with Crippen LogP contribution in [0.3, 0.4) is 0 Å². The Morgan fingerprint density at radius 1 is 1.04 bits per heavy atom. The number of carbonyl (C=O) groups excluding carboxylic acids is 1. The van der Waals surface area contributed by atoms with Crippen LogP contribution < -0.4 is 4.74 Å². The minimum absolute atomic E-state index is 0.00168. The van der Waals surface area contributed by atoms with E-state index < -0.39 is 6.10 Å². The second-order valence-electron chi connectivity index (χ2n) is 7.03. The third kappa shape index (κ3) is 4.80. The average molecular weight is 380 g/mol. The number of aliphatic hydroxyl groups is 1. The number of benzene rings is 2. The molecule has 5 heteroatoms. The standard InChI is InChI=1S/C23H28N2O3/c1-18(23(27)20-9-4-3-5-10-20)24-14-16-25(17-15-24)22(26)13-12-19-8-6-7-11-21(19)28-2/h3-13,18,23,27H,14-17H2,1-2H3/b13-12+. The number of methoxy groups -OCH3 is 1. The third-order valence-corrected chi connectivity index (χ3v) is 5.34. The minimum Gasteiger partial charge on any atom is -0.496 e. The number of ether oxygens (including phenoxy) is 1. The van der Waals surface area contributed by atoms with E-state index in [9.17, 15) is 9.90 Å². The highest BCUT2D eigenvalue weighted by Crippen LogP contribution is 2.22. The van der Waals surface area contributed by atoms with Crippen molar-refractivity contribution in [3.63, 3.8) is 0 Å². The van der Waals surface area contributed by atoms with Crippen molar-refractivity contribution in [2.75, 3.05) is 33.3 Å². The fraction of sp³-hybridized carbons (Fsp3) is 0.348. The molecule has 2 aromatic carbocycles. The number of piperazine rings is 1. The summed E-state index contributed by atoms with van der Waals surface area (Å²) >= 11 is 0. The minimum atomic E-state index is -0.533. The van der Waals surface area contributed by atoms with Crippen LogP contribution in [0.1, 0.15) is 24.2 Å². The zero-order chi connectivity index (χ0) is 19.9. The van der Waals surface area contributed by atoms with E-state index in [-0.39, 0.29) is 11.9 Å². The zero-order valence-electron chi connectivity index (χ0n) is 16.5. The van der Waals surface area contributed by atoms with Crippen molar-refractivity contribution in [1.29, 1.82) is 0 Å². The van der Waals surface area contributed by atoms with Crippen LogP contribution in [0, 0.1) is 0 Å². The fourth-order valence-electron chi connectivity index (χ4n) is 3.55. The number of hydrogen-bond donors (Lipinski definition) is 1. The van der Waals surface area contributed by atoms with Crippen molar-refractivity contribution in [3.8, 4) is 5.75 Å². The molecule has 1 N–H and O–H groups in total. The van der Waals surface area contributed by atoms with Gasteiger partial charge in [0.1, 0.15) is 5.75 Å². The molecule has 1 aliphatic heterocycles. The third-order valence-electron chi connectivity index (χ3n) is 5.34. The summed E-state index contributed by atoms with van der Waals surface area (Å²) in [6.07, 6.45) is 2.87. The predicted molar refractivity (Wildman–Crippen MR) is 111 cm³/mol. The lowest BCUT2D eigenvalue weighted by Crippen LogP contribution is -2.52. The maximum absolute atomic E-state index is 12.5. The van der Waals surface area contributed by atoms with E-state index in [1.165, 1.54) is 0 Å². The maximum Gasteiger partial charge on any atom is 0.246 e. The molecule has 1 amide bonds. The smallest absolute Gasteiger partial charge is 0.246 e. The molecule has 0 saturated carbocycles.